The molecule has 1 N–H and O–H groups in total. The molecule has 0 radical (unpaired) electrons. The smallest absolute Gasteiger partial charge is 0.162 e. The van der Waals surface area contributed by atoms with Crippen LogP contribution in [0.2, 0.25) is 0 Å². The van der Waals surface area contributed by atoms with Gasteiger partial charge < -0.3 is 4.98 Å². The van der Waals surface area contributed by atoms with Crippen LogP contribution in [-0.4, -0.2) is 35.3 Å². The Morgan fingerprint density at radius 1 is 1.20 bits per heavy atom. The number of Topliss-reactive ketones (excluding diaryl/α,β-unsaturated/α-hetero) is 1. The molecule has 0 bridgehead atoms. The van der Waals surface area contributed by atoms with Gasteiger partial charge in [0.15, 0.2) is 5.78 Å². The third kappa shape index (κ3) is 4.21. The Labute approximate surface area is 151 Å². The van der Waals surface area contributed by atoms with E-state index in [0.717, 1.165) is 30.6 Å². The maximum Gasteiger partial charge on any atom is 0.162 e. The first-order chi connectivity index (χ1) is 12.2. The first kappa shape index (κ1) is 17.9. The average Bonchev–Trinajstić information content (AvgIpc) is 3.08. The Hall–Kier alpha value is -1.87. The molecule has 134 valence electrons. The highest BCUT2D eigenvalue weighted by Crippen LogP contribution is 2.30. The molecule has 1 aliphatic heterocycles. The molecule has 1 aliphatic rings. The summed E-state index contributed by atoms with van der Waals surface area (Å²) < 4.78 is 0. The summed E-state index contributed by atoms with van der Waals surface area (Å²) in [4.78, 5) is 17.9. The first-order valence-electron chi connectivity index (χ1n) is 9.79. The van der Waals surface area contributed by atoms with Crippen LogP contribution in [0.25, 0.3) is 16.5 Å². The second kappa shape index (κ2) is 8.48. The quantitative estimate of drug-likeness (QED) is 0.514. The monoisotopic (exact) mass is 338 g/mol. The number of nitrogens with one attached hydrogen (secondary N) is 1. The van der Waals surface area contributed by atoms with Gasteiger partial charge in [0.25, 0.3) is 0 Å². The molecular weight excluding hydrogens is 308 g/mol. The van der Waals surface area contributed by atoms with Crippen LogP contribution in [0.15, 0.2) is 30.5 Å². The minimum atomic E-state index is 0.213. The average molecular weight is 338 g/mol. The number of aromatic nitrogens is 1. The molecule has 0 unspecified atom stereocenters. The van der Waals surface area contributed by atoms with Gasteiger partial charge in [-0.1, -0.05) is 39.2 Å². The topological polar surface area (TPSA) is 36.1 Å². The number of benzene rings is 1. The minimum absolute atomic E-state index is 0.213. The van der Waals surface area contributed by atoms with E-state index < -0.39 is 0 Å². The number of aromatic amines is 1. The number of H-pyrrole nitrogens is 1. The van der Waals surface area contributed by atoms with E-state index in [9.17, 15) is 4.79 Å². The SMILES string of the molecule is CCCCCCN1CC=C(c2c[nH]c3ccc(C(=O)CC)cc23)CC1. The standard InChI is InChI=1S/C22H30N2O/c1-3-5-6-7-12-24-13-10-17(11-14-24)20-16-23-21-9-8-18(15-19(20)21)22(25)4-2/h8-10,15-16,23H,3-7,11-14H2,1-2H3. The summed E-state index contributed by atoms with van der Waals surface area (Å²) in [6.07, 6.45) is 11.4. The summed E-state index contributed by atoms with van der Waals surface area (Å²) in [6.45, 7) is 7.58. The van der Waals surface area contributed by atoms with E-state index in [0.29, 0.717) is 6.42 Å². The molecule has 0 atom stereocenters. The molecule has 1 aromatic carbocycles. The summed E-state index contributed by atoms with van der Waals surface area (Å²) in [6, 6.07) is 6.03. The Morgan fingerprint density at radius 3 is 2.80 bits per heavy atom. The summed E-state index contributed by atoms with van der Waals surface area (Å²) in [5.41, 5.74) is 4.62. The molecule has 3 heteroatoms. The maximum absolute atomic E-state index is 12.0. The first-order valence-corrected chi connectivity index (χ1v) is 9.79. The zero-order valence-electron chi connectivity index (χ0n) is 15.6. The van der Waals surface area contributed by atoms with Gasteiger partial charge in [-0.2, -0.15) is 0 Å². The molecule has 1 aromatic heterocycles. The number of unbranched alkanes of at least 4 members (excludes halogenated alkanes) is 3. The second-order valence-electron chi connectivity index (χ2n) is 7.08. The molecule has 2 heterocycles. The molecule has 0 fully saturated rings. The highest BCUT2D eigenvalue weighted by molar-refractivity contribution is 6.02. The van der Waals surface area contributed by atoms with Crippen LogP contribution < -0.4 is 0 Å². The van der Waals surface area contributed by atoms with E-state index >= 15 is 0 Å². The van der Waals surface area contributed by atoms with Crippen molar-refractivity contribution in [2.24, 2.45) is 0 Å². The van der Waals surface area contributed by atoms with Gasteiger partial charge in [0.2, 0.25) is 0 Å². The van der Waals surface area contributed by atoms with Crippen LogP contribution in [-0.2, 0) is 0 Å². The van der Waals surface area contributed by atoms with Crippen molar-refractivity contribution in [3.63, 3.8) is 0 Å². The zero-order valence-corrected chi connectivity index (χ0v) is 15.6. The number of nitrogens with zero attached hydrogens (tertiary/aromatic N) is 1. The fraction of sp³-hybridized carbons (Fsp3) is 0.500. The third-order valence-corrected chi connectivity index (χ3v) is 5.29. The van der Waals surface area contributed by atoms with Crippen molar-refractivity contribution in [1.29, 1.82) is 0 Å². The van der Waals surface area contributed by atoms with Crippen molar-refractivity contribution in [3.8, 4) is 0 Å². The number of carbonyl (C=O) groups is 1. The van der Waals surface area contributed by atoms with Crippen molar-refractivity contribution in [3.05, 3.63) is 41.6 Å². The van der Waals surface area contributed by atoms with E-state index in [2.05, 4.69) is 35.1 Å². The maximum atomic E-state index is 12.0. The lowest BCUT2D eigenvalue weighted by Crippen LogP contribution is -2.29. The highest BCUT2D eigenvalue weighted by atomic mass is 16.1. The van der Waals surface area contributed by atoms with E-state index in [4.69, 9.17) is 0 Å². The Bertz CT molecular complexity index is 756. The minimum Gasteiger partial charge on any atom is -0.361 e. The number of ketones is 1. The van der Waals surface area contributed by atoms with Gasteiger partial charge in [0.05, 0.1) is 0 Å². The molecule has 0 spiro atoms. The van der Waals surface area contributed by atoms with Gasteiger partial charge in [-0.25, -0.2) is 0 Å². The van der Waals surface area contributed by atoms with Gasteiger partial charge >= 0.3 is 0 Å². The Morgan fingerprint density at radius 2 is 2.08 bits per heavy atom. The van der Waals surface area contributed by atoms with Crippen LogP contribution in [0.4, 0.5) is 0 Å². The number of hydrogen-bond acceptors (Lipinski definition) is 2. The fourth-order valence-corrected chi connectivity index (χ4v) is 3.68. The van der Waals surface area contributed by atoms with Crippen molar-refractivity contribution in [2.75, 3.05) is 19.6 Å². The fourth-order valence-electron chi connectivity index (χ4n) is 3.68. The largest absolute Gasteiger partial charge is 0.361 e. The number of rotatable bonds is 8. The molecule has 0 saturated carbocycles. The van der Waals surface area contributed by atoms with E-state index in [1.807, 2.05) is 19.1 Å². The molecule has 2 aromatic rings. The van der Waals surface area contributed by atoms with Gasteiger partial charge in [-0.05, 0) is 43.2 Å². The Kier molecular flexibility index (Phi) is 6.09. The van der Waals surface area contributed by atoms with Gasteiger partial charge in [-0.15, -0.1) is 0 Å². The second-order valence-corrected chi connectivity index (χ2v) is 7.08. The molecule has 3 rings (SSSR count). The van der Waals surface area contributed by atoms with Crippen molar-refractivity contribution >= 4 is 22.3 Å². The zero-order chi connectivity index (χ0) is 17.6. The summed E-state index contributed by atoms with van der Waals surface area (Å²) in [7, 11) is 0. The van der Waals surface area contributed by atoms with E-state index in [-0.39, 0.29) is 5.78 Å². The summed E-state index contributed by atoms with van der Waals surface area (Å²) >= 11 is 0. The predicted molar refractivity (Wildman–Crippen MR) is 106 cm³/mol. The lowest BCUT2D eigenvalue weighted by Gasteiger charge is -2.26. The van der Waals surface area contributed by atoms with Crippen LogP contribution in [0, 0.1) is 0 Å². The molecule has 0 aliphatic carbocycles. The number of fused-ring (bicyclic) bond motifs is 1. The molecular formula is C22H30N2O. The molecule has 3 nitrogen and oxygen atoms in total. The highest BCUT2D eigenvalue weighted by Gasteiger charge is 2.16. The lowest BCUT2D eigenvalue weighted by atomic mass is 9.97. The summed E-state index contributed by atoms with van der Waals surface area (Å²) in [5.74, 6) is 0.213. The summed E-state index contributed by atoms with van der Waals surface area (Å²) in [5, 5.41) is 1.18. The predicted octanol–water partition coefficient (Wildman–Crippen LogP) is 5.43. The third-order valence-electron chi connectivity index (χ3n) is 5.29. The van der Waals surface area contributed by atoms with Crippen LogP contribution in [0.5, 0.6) is 0 Å². The van der Waals surface area contributed by atoms with Crippen molar-refractivity contribution < 1.29 is 4.79 Å². The van der Waals surface area contributed by atoms with Crippen LogP contribution in [0.1, 0.15) is 68.3 Å². The molecule has 25 heavy (non-hydrogen) atoms. The van der Waals surface area contributed by atoms with Gasteiger partial charge in [0, 0.05) is 47.7 Å². The van der Waals surface area contributed by atoms with Gasteiger partial charge in [0.1, 0.15) is 0 Å². The van der Waals surface area contributed by atoms with Crippen LogP contribution in [0.3, 0.4) is 0 Å². The number of carbonyl (C=O) groups excluding carboxylic acids is 1. The van der Waals surface area contributed by atoms with Crippen molar-refractivity contribution in [2.45, 2.75) is 52.4 Å². The van der Waals surface area contributed by atoms with Gasteiger partial charge in [-0.3, -0.25) is 9.69 Å². The number of hydrogen-bond donors (Lipinski definition) is 1. The normalized spacial score (nSPS) is 15.5. The Balaban J connectivity index is 1.72. The lowest BCUT2D eigenvalue weighted by molar-refractivity contribution is 0.0988. The van der Waals surface area contributed by atoms with Crippen molar-refractivity contribution in [1.82, 2.24) is 9.88 Å². The molecule has 0 saturated heterocycles. The van der Waals surface area contributed by atoms with E-state index in [1.54, 1.807) is 0 Å². The van der Waals surface area contributed by atoms with E-state index in [1.165, 1.54) is 48.8 Å². The molecule has 0 amide bonds. The van der Waals surface area contributed by atoms with Crippen LogP contribution >= 0.6 is 0 Å².